The topological polar surface area (TPSA) is 15.3 Å². The zero-order valence-electron chi connectivity index (χ0n) is 10.8. The van der Waals surface area contributed by atoms with Crippen LogP contribution in [-0.2, 0) is 0 Å². The summed E-state index contributed by atoms with van der Waals surface area (Å²) in [6.45, 7) is 8.16. The third-order valence-electron chi connectivity index (χ3n) is 3.26. The van der Waals surface area contributed by atoms with Crippen LogP contribution in [0.2, 0.25) is 0 Å². The summed E-state index contributed by atoms with van der Waals surface area (Å²) in [5, 5.41) is 3.62. The van der Waals surface area contributed by atoms with E-state index in [1.807, 2.05) is 0 Å². The van der Waals surface area contributed by atoms with Crippen molar-refractivity contribution in [3.63, 3.8) is 0 Å². The van der Waals surface area contributed by atoms with Gasteiger partial charge in [0.25, 0.3) is 0 Å². The molecule has 0 aliphatic heterocycles. The van der Waals surface area contributed by atoms with Crippen molar-refractivity contribution in [1.82, 2.24) is 10.2 Å². The van der Waals surface area contributed by atoms with Crippen molar-refractivity contribution < 1.29 is 0 Å². The Bertz CT molecular complexity index is 155. The largest absolute Gasteiger partial charge is 0.313 e. The van der Waals surface area contributed by atoms with E-state index in [2.05, 4.69) is 31.1 Å². The smallest absolute Gasteiger partial charge is 0.0104 e. The van der Waals surface area contributed by atoms with Crippen LogP contribution in [0.3, 0.4) is 0 Å². The molecule has 0 saturated heterocycles. The molecular weight excluding hydrogens is 184 g/mol. The Hall–Kier alpha value is -0.0800. The van der Waals surface area contributed by atoms with E-state index in [0.717, 1.165) is 18.5 Å². The maximum absolute atomic E-state index is 3.62. The minimum atomic E-state index is 0.720. The highest BCUT2D eigenvalue weighted by Crippen LogP contribution is 2.33. The van der Waals surface area contributed by atoms with Crippen molar-refractivity contribution in [2.75, 3.05) is 26.7 Å². The van der Waals surface area contributed by atoms with E-state index in [9.17, 15) is 0 Å². The molecule has 0 aromatic carbocycles. The molecule has 0 radical (unpaired) electrons. The predicted molar refractivity (Wildman–Crippen MR) is 67.2 cm³/mol. The molecule has 0 bridgehead atoms. The second kappa shape index (κ2) is 7.24. The fourth-order valence-electron chi connectivity index (χ4n) is 1.98. The second-order valence-corrected chi connectivity index (χ2v) is 5.19. The standard InChI is InChI=1S/C13H28N2/c1-4-5-9-15(3)10-8-14-12(2)11-13-6-7-13/h12-14H,4-11H2,1-3H3. The first-order valence-corrected chi connectivity index (χ1v) is 6.64. The third kappa shape index (κ3) is 6.91. The Morgan fingerprint density at radius 1 is 1.33 bits per heavy atom. The molecule has 1 N–H and O–H groups in total. The van der Waals surface area contributed by atoms with Crippen LogP contribution in [0.1, 0.15) is 46.0 Å². The van der Waals surface area contributed by atoms with Gasteiger partial charge >= 0.3 is 0 Å². The minimum Gasteiger partial charge on any atom is -0.313 e. The van der Waals surface area contributed by atoms with Crippen molar-refractivity contribution >= 4 is 0 Å². The van der Waals surface area contributed by atoms with Crippen LogP contribution in [0.4, 0.5) is 0 Å². The highest BCUT2D eigenvalue weighted by Gasteiger charge is 2.23. The first-order chi connectivity index (χ1) is 7.22. The molecule has 1 unspecified atom stereocenters. The highest BCUT2D eigenvalue weighted by molar-refractivity contribution is 4.78. The van der Waals surface area contributed by atoms with Crippen molar-refractivity contribution in [2.24, 2.45) is 5.92 Å². The van der Waals surface area contributed by atoms with Gasteiger partial charge in [-0.25, -0.2) is 0 Å². The molecule has 1 aliphatic rings. The molecule has 0 aromatic heterocycles. The van der Waals surface area contributed by atoms with Crippen molar-refractivity contribution in [1.29, 1.82) is 0 Å². The van der Waals surface area contributed by atoms with Crippen LogP contribution < -0.4 is 5.32 Å². The maximum Gasteiger partial charge on any atom is 0.0104 e. The van der Waals surface area contributed by atoms with Gasteiger partial charge in [0.15, 0.2) is 0 Å². The number of hydrogen-bond acceptors (Lipinski definition) is 2. The quantitative estimate of drug-likeness (QED) is 0.632. The molecule has 2 heteroatoms. The van der Waals surface area contributed by atoms with Crippen LogP contribution in [0.5, 0.6) is 0 Å². The van der Waals surface area contributed by atoms with E-state index in [1.165, 1.54) is 45.2 Å². The van der Waals surface area contributed by atoms with E-state index < -0.39 is 0 Å². The zero-order valence-corrected chi connectivity index (χ0v) is 10.8. The molecule has 0 amide bonds. The van der Waals surface area contributed by atoms with Gasteiger partial charge in [0.05, 0.1) is 0 Å². The van der Waals surface area contributed by atoms with Gasteiger partial charge in [-0.2, -0.15) is 0 Å². The molecule has 1 saturated carbocycles. The lowest BCUT2D eigenvalue weighted by Crippen LogP contribution is -2.34. The summed E-state index contributed by atoms with van der Waals surface area (Å²) >= 11 is 0. The number of nitrogens with zero attached hydrogens (tertiary/aromatic N) is 1. The summed E-state index contributed by atoms with van der Waals surface area (Å²) in [7, 11) is 2.23. The van der Waals surface area contributed by atoms with Crippen LogP contribution >= 0.6 is 0 Å². The van der Waals surface area contributed by atoms with E-state index >= 15 is 0 Å². The third-order valence-corrected chi connectivity index (χ3v) is 3.26. The van der Waals surface area contributed by atoms with Crippen molar-refractivity contribution in [2.45, 2.75) is 52.0 Å². The Morgan fingerprint density at radius 3 is 2.67 bits per heavy atom. The lowest BCUT2D eigenvalue weighted by atomic mass is 10.1. The zero-order chi connectivity index (χ0) is 11.1. The predicted octanol–water partition coefficient (Wildman–Crippen LogP) is 2.50. The Morgan fingerprint density at radius 2 is 2.07 bits per heavy atom. The number of rotatable bonds is 9. The molecule has 15 heavy (non-hydrogen) atoms. The number of unbranched alkanes of at least 4 members (excludes halogenated alkanes) is 1. The first-order valence-electron chi connectivity index (χ1n) is 6.64. The Kier molecular flexibility index (Phi) is 6.26. The van der Waals surface area contributed by atoms with E-state index in [0.29, 0.717) is 0 Å². The summed E-state index contributed by atoms with van der Waals surface area (Å²) < 4.78 is 0. The number of hydrogen-bond donors (Lipinski definition) is 1. The molecule has 0 spiro atoms. The maximum atomic E-state index is 3.62. The van der Waals surface area contributed by atoms with Gasteiger partial charge in [0.2, 0.25) is 0 Å². The van der Waals surface area contributed by atoms with E-state index in [1.54, 1.807) is 0 Å². The van der Waals surface area contributed by atoms with Crippen LogP contribution in [0, 0.1) is 5.92 Å². The first kappa shape index (κ1) is 13.0. The average molecular weight is 212 g/mol. The lowest BCUT2D eigenvalue weighted by molar-refractivity contribution is 0.317. The van der Waals surface area contributed by atoms with E-state index in [4.69, 9.17) is 0 Å². The SMILES string of the molecule is CCCCN(C)CCNC(C)CC1CC1. The van der Waals surface area contributed by atoms with Gasteiger partial charge in [-0.05, 0) is 39.3 Å². The highest BCUT2D eigenvalue weighted by atomic mass is 15.1. The van der Waals surface area contributed by atoms with Gasteiger partial charge < -0.3 is 10.2 Å². The summed E-state index contributed by atoms with van der Waals surface area (Å²) in [5.41, 5.74) is 0. The van der Waals surface area contributed by atoms with Crippen LogP contribution in [0.15, 0.2) is 0 Å². The number of likely N-dealkylation sites (N-methyl/N-ethyl adjacent to an activating group) is 1. The van der Waals surface area contributed by atoms with Gasteiger partial charge in [-0.1, -0.05) is 26.2 Å². The fourth-order valence-corrected chi connectivity index (χ4v) is 1.98. The number of nitrogens with one attached hydrogen (secondary N) is 1. The molecule has 1 aliphatic carbocycles. The molecule has 2 nitrogen and oxygen atoms in total. The van der Waals surface area contributed by atoms with E-state index in [-0.39, 0.29) is 0 Å². The van der Waals surface area contributed by atoms with Gasteiger partial charge in [0.1, 0.15) is 0 Å². The van der Waals surface area contributed by atoms with Crippen LogP contribution in [-0.4, -0.2) is 37.6 Å². The molecule has 1 rings (SSSR count). The Labute approximate surface area is 95.4 Å². The van der Waals surface area contributed by atoms with Crippen molar-refractivity contribution in [3.8, 4) is 0 Å². The average Bonchev–Trinajstić information content (AvgIpc) is 2.98. The lowest BCUT2D eigenvalue weighted by Gasteiger charge is -2.19. The van der Waals surface area contributed by atoms with Gasteiger partial charge in [0, 0.05) is 19.1 Å². The van der Waals surface area contributed by atoms with Gasteiger partial charge in [-0.15, -0.1) is 0 Å². The molecule has 90 valence electrons. The fraction of sp³-hybridized carbons (Fsp3) is 1.00. The second-order valence-electron chi connectivity index (χ2n) is 5.19. The van der Waals surface area contributed by atoms with Crippen LogP contribution in [0.25, 0.3) is 0 Å². The summed E-state index contributed by atoms with van der Waals surface area (Å²) in [6.07, 6.45) is 6.97. The molecule has 1 atom stereocenters. The molecule has 0 heterocycles. The molecular formula is C13H28N2. The Balaban J connectivity index is 1.89. The molecule has 0 aromatic rings. The normalized spacial score (nSPS) is 18.4. The van der Waals surface area contributed by atoms with Gasteiger partial charge in [-0.3, -0.25) is 0 Å². The summed E-state index contributed by atoms with van der Waals surface area (Å²) in [6, 6.07) is 0.720. The molecule has 1 fully saturated rings. The summed E-state index contributed by atoms with van der Waals surface area (Å²) in [5.74, 6) is 1.05. The monoisotopic (exact) mass is 212 g/mol. The minimum absolute atomic E-state index is 0.720. The summed E-state index contributed by atoms with van der Waals surface area (Å²) in [4.78, 5) is 2.43. The van der Waals surface area contributed by atoms with Crippen molar-refractivity contribution in [3.05, 3.63) is 0 Å².